The number of amides is 2. The molecule has 0 aliphatic carbocycles. The van der Waals surface area contributed by atoms with Crippen molar-refractivity contribution in [2.45, 2.75) is 51.9 Å². The predicted octanol–water partition coefficient (Wildman–Crippen LogP) is 6.42. The molecule has 40 heavy (non-hydrogen) atoms. The zero-order valence-electron chi connectivity index (χ0n) is 23.6. The molecule has 4 aromatic rings. The van der Waals surface area contributed by atoms with Crippen molar-refractivity contribution >= 4 is 23.3 Å². The molecule has 2 aromatic heterocycles. The smallest absolute Gasteiger partial charge is 0.324 e. The fraction of sp³-hybridized carbons (Fsp3) is 0.344. The third-order valence-electron chi connectivity index (χ3n) is 7.56. The molecule has 208 valence electrons. The lowest BCUT2D eigenvalue weighted by Crippen LogP contribution is -2.34. The van der Waals surface area contributed by atoms with Crippen LogP contribution >= 0.6 is 0 Å². The van der Waals surface area contributed by atoms with Crippen molar-refractivity contribution in [3.63, 3.8) is 0 Å². The average molecular weight is 539 g/mol. The van der Waals surface area contributed by atoms with E-state index in [1.54, 1.807) is 17.1 Å². The number of para-hydroxylation sites is 1. The Hall–Kier alpha value is -4.17. The van der Waals surface area contributed by atoms with E-state index < -0.39 is 0 Å². The molecule has 8 heteroatoms. The van der Waals surface area contributed by atoms with Crippen LogP contribution in [0.5, 0.6) is 0 Å². The number of hydrogen-bond donors (Lipinski definition) is 4. The number of aromatic amines is 1. The number of piperidine rings is 1. The molecule has 0 saturated carbocycles. The highest BCUT2D eigenvalue weighted by Crippen LogP contribution is 2.38. The van der Waals surface area contributed by atoms with Gasteiger partial charge in [-0.3, -0.25) is 10.1 Å². The van der Waals surface area contributed by atoms with E-state index in [2.05, 4.69) is 41.7 Å². The van der Waals surface area contributed by atoms with Crippen molar-refractivity contribution in [2.24, 2.45) is 5.92 Å². The Bertz CT molecular complexity index is 1460. The summed E-state index contributed by atoms with van der Waals surface area (Å²) in [5.41, 5.74) is 4.79. The van der Waals surface area contributed by atoms with Crippen LogP contribution in [0.2, 0.25) is 0 Å². The Balaban J connectivity index is 1.44. The molecule has 0 radical (unpaired) electrons. The summed E-state index contributed by atoms with van der Waals surface area (Å²) in [4.78, 5) is 30.2. The Morgan fingerprint density at radius 1 is 1.00 bits per heavy atom. The highest BCUT2D eigenvalue weighted by Gasteiger charge is 2.33. The van der Waals surface area contributed by atoms with Crippen molar-refractivity contribution in [3.05, 3.63) is 95.4 Å². The molecule has 3 heterocycles. The summed E-state index contributed by atoms with van der Waals surface area (Å²) in [5, 5.41) is 14.3. The molecule has 5 rings (SSSR count). The number of hydrogen-bond acceptors (Lipinski definition) is 4. The number of aryl methyl sites for hydroxylation is 1. The number of nitrogens with one attached hydrogen (secondary N) is 4. The lowest BCUT2D eigenvalue weighted by molar-refractivity contribution is 0.0916. The van der Waals surface area contributed by atoms with Gasteiger partial charge in [0.1, 0.15) is 5.82 Å². The standard InChI is InChI=1S/C32H38N6O2/c1-21-9-11-24(12-10-21)38-28(19-27(37-38)32(2,3)4)36-31(40)35-26-8-6-5-7-25(26)29(22-13-16-33-17-14-22)30(39)23-15-18-34-20-23/h5-12,15,18-20,22,29,33-34H,13-14,16-17H2,1-4H3,(H2,35,36,40). The third-order valence-corrected chi connectivity index (χ3v) is 7.56. The molecule has 8 nitrogen and oxygen atoms in total. The summed E-state index contributed by atoms with van der Waals surface area (Å²) in [6, 6.07) is 19.0. The van der Waals surface area contributed by atoms with Gasteiger partial charge < -0.3 is 15.6 Å². The van der Waals surface area contributed by atoms with Gasteiger partial charge in [0.05, 0.1) is 17.3 Å². The van der Waals surface area contributed by atoms with Crippen molar-refractivity contribution < 1.29 is 9.59 Å². The Morgan fingerprint density at radius 3 is 2.40 bits per heavy atom. The fourth-order valence-corrected chi connectivity index (χ4v) is 5.31. The third kappa shape index (κ3) is 6.02. The SMILES string of the molecule is Cc1ccc(-n2nc(C(C)(C)C)cc2NC(=O)Nc2ccccc2C(C(=O)c2cc[nH]c2)C2CCNCC2)cc1. The summed E-state index contributed by atoms with van der Waals surface area (Å²) in [6.45, 7) is 10.1. The van der Waals surface area contributed by atoms with E-state index in [0.717, 1.165) is 48.4 Å². The molecule has 1 saturated heterocycles. The second-order valence-corrected chi connectivity index (χ2v) is 11.6. The van der Waals surface area contributed by atoms with E-state index in [1.165, 1.54) is 0 Å². The second kappa shape index (κ2) is 11.5. The Morgan fingerprint density at radius 2 is 1.73 bits per heavy atom. The van der Waals surface area contributed by atoms with Crippen molar-refractivity contribution in [1.29, 1.82) is 0 Å². The summed E-state index contributed by atoms with van der Waals surface area (Å²) in [5.74, 6) is 0.448. The van der Waals surface area contributed by atoms with Crippen LogP contribution in [0.15, 0.2) is 73.1 Å². The average Bonchev–Trinajstić information content (AvgIpc) is 3.62. The lowest BCUT2D eigenvalue weighted by atomic mass is 9.76. The number of rotatable bonds is 7. The largest absolute Gasteiger partial charge is 0.367 e. The molecule has 1 atom stereocenters. The minimum absolute atomic E-state index is 0.0649. The number of Topliss-reactive ketones (excluding diaryl/α,β-unsaturated/α-hetero) is 1. The van der Waals surface area contributed by atoms with Gasteiger partial charge in [-0.1, -0.05) is 56.7 Å². The van der Waals surface area contributed by atoms with Crippen LogP contribution in [0.25, 0.3) is 5.69 Å². The number of carbonyl (C=O) groups is 2. The predicted molar refractivity (Wildman–Crippen MR) is 160 cm³/mol. The van der Waals surface area contributed by atoms with Gasteiger partial charge in [0, 0.05) is 35.1 Å². The Labute approximate surface area is 235 Å². The first-order valence-corrected chi connectivity index (χ1v) is 13.9. The summed E-state index contributed by atoms with van der Waals surface area (Å²) < 4.78 is 1.76. The number of anilines is 2. The number of aromatic nitrogens is 3. The number of carbonyl (C=O) groups excluding carboxylic acids is 2. The van der Waals surface area contributed by atoms with E-state index in [1.807, 2.05) is 67.6 Å². The highest BCUT2D eigenvalue weighted by molar-refractivity contribution is 6.04. The quantitative estimate of drug-likeness (QED) is 0.204. The summed E-state index contributed by atoms with van der Waals surface area (Å²) >= 11 is 0. The molecule has 1 unspecified atom stereocenters. The first-order valence-electron chi connectivity index (χ1n) is 13.9. The van der Waals surface area contributed by atoms with Gasteiger partial charge in [-0.25, -0.2) is 9.48 Å². The maximum absolute atomic E-state index is 13.8. The maximum atomic E-state index is 13.8. The van der Waals surface area contributed by atoms with Crippen LogP contribution in [-0.2, 0) is 5.41 Å². The van der Waals surface area contributed by atoms with Crippen LogP contribution in [0, 0.1) is 12.8 Å². The molecule has 1 aliphatic heterocycles. The first kappa shape index (κ1) is 27.4. The van der Waals surface area contributed by atoms with Gasteiger partial charge in [-0.2, -0.15) is 5.10 Å². The van der Waals surface area contributed by atoms with Gasteiger partial charge >= 0.3 is 6.03 Å². The van der Waals surface area contributed by atoms with Gasteiger partial charge in [-0.05, 0) is 68.6 Å². The summed E-state index contributed by atoms with van der Waals surface area (Å²) in [7, 11) is 0. The van der Waals surface area contributed by atoms with Crippen molar-refractivity contribution in [3.8, 4) is 5.69 Å². The molecule has 2 amide bonds. The first-order chi connectivity index (χ1) is 19.2. The number of benzene rings is 2. The second-order valence-electron chi connectivity index (χ2n) is 11.6. The van der Waals surface area contributed by atoms with Gasteiger partial charge in [0.2, 0.25) is 0 Å². The number of H-pyrrole nitrogens is 1. The van der Waals surface area contributed by atoms with E-state index in [-0.39, 0.29) is 29.1 Å². The Kier molecular flexibility index (Phi) is 7.89. The van der Waals surface area contributed by atoms with E-state index in [4.69, 9.17) is 5.10 Å². The monoisotopic (exact) mass is 538 g/mol. The van der Waals surface area contributed by atoms with Crippen molar-refractivity contribution in [1.82, 2.24) is 20.1 Å². The lowest BCUT2D eigenvalue weighted by Gasteiger charge is -2.31. The van der Waals surface area contributed by atoms with E-state index in [0.29, 0.717) is 17.1 Å². The van der Waals surface area contributed by atoms with Crippen LogP contribution < -0.4 is 16.0 Å². The molecular weight excluding hydrogens is 500 g/mol. The molecule has 1 aliphatic rings. The van der Waals surface area contributed by atoms with E-state index in [9.17, 15) is 9.59 Å². The normalized spacial score (nSPS) is 15.0. The van der Waals surface area contributed by atoms with Crippen molar-refractivity contribution in [2.75, 3.05) is 23.7 Å². The molecule has 0 bridgehead atoms. The molecule has 1 fully saturated rings. The summed E-state index contributed by atoms with van der Waals surface area (Å²) in [6.07, 6.45) is 5.31. The molecule has 0 spiro atoms. The molecule has 2 aromatic carbocycles. The fourth-order valence-electron chi connectivity index (χ4n) is 5.31. The minimum Gasteiger partial charge on any atom is -0.367 e. The highest BCUT2D eigenvalue weighted by atomic mass is 16.2. The minimum atomic E-state index is -0.390. The number of nitrogens with zero attached hydrogens (tertiary/aromatic N) is 2. The number of ketones is 1. The van der Waals surface area contributed by atoms with Crippen LogP contribution in [0.4, 0.5) is 16.3 Å². The van der Waals surface area contributed by atoms with Gasteiger partial charge in [0.15, 0.2) is 5.78 Å². The maximum Gasteiger partial charge on any atom is 0.324 e. The van der Waals surface area contributed by atoms with E-state index >= 15 is 0 Å². The van der Waals surface area contributed by atoms with Crippen LogP contribution in [-0.4, -0.2) is 39.7 Å². The zero-order valence-corrected chi connectivity index (χ0v) is 23.6. The van der Waals surface area contributed by atoms with Crippen LogP contribution in [0.3, 0.4) is 0 Å². The topological polar surface area (TPSA) is 104 Å². The molecule has 4 N–H and O–H groups in total. The van der Waals surface area contributed by atoms with Gasteiger partial charge in [0.25, 0.3) is 0 Å². The van der Waals surface area contributed by atoms with Crippen LogP contribution in [0.1, 0.15) is 66.7 Å². The number of urea groups is 1. The van der Waals surface area contributed by atoms with Gasteiger partial charge in [-0.15, -0.1) is 0 Å². The zero-order chi connectivity index (χ0) is 28.3. The molecular formula is C32H38N6O2.